The summed E-state index contributed by atoms with van der Waals surface area (Å²) in [6.45, 7) is 4.65. The van der Waals surface area contributed by atoms with Crippen LogP contribution < -0.4 is 5.32 Å². The molecule has 1 aliphatic heterocycles. The fourth-order valence-corrected chi connectivity index (χ4v) is 5.07. The highest BCUT2D eigenvalue weighted by Crippen LogP contribution is 2.32. The number of rotatable bonds is 7. The average Bonchev–Trinajstić information content (AvgIpc) is 3.37. The zero-order chi connectivity index (χ0) is 26.1. The van der Waals surface area contributed by atoms with E-state index < -0.39 is 30.4 Å². The van der Waals surface area contributed by atoms with Crippen molar-refractivity contribution in [1.29, 1.82) is 0 Å². The molecule has 1 fully saturated rings. The van der Waals surface area contributed by atoms with Crippen LogP contribution in [0.15, 0.2) is 42.7 Å². The molecule has 0 spiro atoms. The summed E-state index contributed by atoms with van der Waals surface area (Å²) in [6.07, 6.45) is 3.62. The third-order valence-electron chi connectivity index (χ3n) is 6.96. The highest BCUT2D eigenvalue weighted by molar-refractivity contribution is 6.30. The zero-order valence-electron chi connectivity index (χ0n) is 20.2. The molecule has 4 rings (SSSR count). The number of Topliss-reactive ketones (excluding diaryl/α,β-unsaturated/α-hetero) is 1. The van der Waals surface area contributed by atoms with Gasteiger partial charge in [0.05, 0.1) is 17.7 Å². The Labute approximate surface area is 213 Å². The molecule has 2 aromatic heterocycles. The Hall–Kier alpha value is -3.30. The molecular weight excluding hydrogens is 487 g/mol. The molecule has 1 aromatic carbocycles. The monoisotopic (exact) mass is 514 g/mol. The van der Waals surface area contributed by atoms with Crippen molar-refractivity contribution in [3.63, 3.8) is 0 Å². The summed E-state index contributed by atoms with van der Waals surface area (Å²) in [5.74, 6) is -1.61. The Morgan fingerprint density at radius 2 is 2.00 bits per heavy atom. The first-order chi connectivity index (χ1) is 17.1. The van der Waals surface area contributed by atoms with Gasteiger partial charge in [-0.25, -0.2) is 9.37 Å². The quantitative estimate of drug-likeness (QED) is 0.469. The minimum atomic E-state index is -1.02. The molecule has 8 nitrogen and oxygen atoms in total. The van der Waals surface area contributed by atoms with Gasteiger partial charge in [0.15, 0.2) is 5.78 Å². The minimum Gasteiger partial charge on any atom is -0.394 e. The summed E-state index contributed by atoms with van der Waals surface area (Å²) in [6, 6.07) is 5.82. The van der Waals surface area contributed by atoms with Gasteiger partial charge in [-0.05, 0) is 44.4 Å². The van der Waals surface area contributed by atoms with Crippen molar-refractivity contribution in [2.75, 3.05) is 6.61 Å². The Morgan fingerprint density at radius 3 is 2.69 bits per heavy atom. The van der Waals surface area contributed by atoms with E-state index in [0.717, 1.165) is 0 Å². The van der Waals surface area contributed by atoms with Gasteiger partial charge in [0.2, 0.25) is 11.8 Å². The predicted molar refractivity (Wildman–Crippen MR) is 133 cm³/mol. The number of aliphatic hydroxyl groups is 1. The summed E-state index contributed by atoms with van der Waals surface area (Å²) in [4.78, 5) is 44.8. The van der Waals surface area contributed by atoms with Crippen LogP contribution in [0, 0.1) is 11.7 Å². The van der Waals surface area contributed by atoms with Crippen LogP contribution in [-0.2, 0) is 16.1 Å². The lowest BCUT2D eigenvalue weighted by Crippen LogP contribution is -2.50. The number of aromatic nitrogens is 2. The Morgan fingerprint density at radius 1 is 1.25 bits per heavy atom. The molecule has 36 heavy (non-hydrogen) atoms. The fraction of sp³-hybridized carbons (Fsp3) is 0.385. The van der Waals surface area contributed by atoms with E-state index in [1.54, 1.807) is 29.1 Å². The van der Waals surface area contributed by atoms with Crippen molar-refractivity contribution >= 4 is 40.2 Å². The SMILES string of the molecule is CC(=O)c1cn(CC(=O)N2[C@H](C)[C@H](C)C[C@H]2C(=O)N[C@H](CO)c2cccc(Cl)c2F)c2ncccc12. The topological polar surface area (TPSA) is 105 Å². The number of benzene rings is 1. The van der Waals surface area contributed by atoms with Gasteiger partial charge in [0.1, 0.15) is 24.1 Å². The molecule has 0 unspecified atom stereocenters. The fourth-order valence-electron chi connectivity index (χ4n) is 4.89. The maximum atomic E-state index is 14.5. The molecule has 0 radical (unpaired) electrons. The van der Waals surface area contributed by atoms with Crippen LogP contribution >= 0.6 is 11.6 Å². The van der Waals surface area contributed by atoms with Gasteiger partial charge in [0, 0.05) is 34.9 Å². The Balaban J connectivity index is 1.58. The van der Waals surface area contributed by atoms with E-state index in [1.165, 1.54) is 30.0 Å². The number of likely N-dealkylation sites (tertiary alicyclic amines) is 1. The van der Waals surface area contributed by atoms with Crippen LogP contribution in [0.5, 0.6) is 0 Å². The van der Waals surface area contributed by atoms with E-state index >= 15 is 0 Å². The number of nitrogens with one attached hydrogen (secondary N) is 1. The average molecular weight is 515 g/mol. The molecule has 4 atom stereocenters. The maximum absolute atomic E-state index is 14.5. The normalized spacial score (nSPS) is 20.5. The maximum Gasteiger partial charge on any atom is 0.243 e. The highest BCUT2D eigenvalue weighted by atomic mass is 35.5. The van der Waals surface area contributed by atoms with Crippen LogP contribution in [0.3, 0.4) is 0 Å². The second-order valence-corrected chi connectivity index (χ2v) is 9.67. The summed E-state index contributed by atoms with van der Waals surface area (Å²) in [5.41, 5.74) is 1.04. The number of carbonyl (C=O) groups is 3. The molecule has 0 bridgehead atoms. The number of carbonyl (C=O) groups excluding carboxylic acids is 3. The van der Waals surface area contributed by atoms with Crippen molar-refractivity contribution < 1.29 is 23.9 Å². The van der Waals surface area contributed by atoms with Crippen LogP contribution in [0.2, 0.25) is 5.02 Å². The van der Waals surface area contributed by atoms with Gasteiger partial charge in [-0.3, -0.25) is 14.4 Å². The summed E-state index contributed by atoms with van der Waals surface area (Å²) >= 11 is 5.87. The van der Waals surface area contributed by atoms with Crippen molar-refractivity contribution in [1.82, 2.24) is 19.8 Å². The van der Waals surface area contributed by atoms with Crippen LogP contribution in [0.25, 0.3) is 11.0 Å². The number of amides is 2. The highest BCUT2D eigenvalue weighted by Gasteiger charge is 2.43. The van der Waals surface area contributed by atoms with E-state index in [1.807, 2.05) is 13.8 Å². The van der Waals surface area contributed by atoms with Crippen molar-refractivity contribution in [3.8, 4) is 0 Å². The second kappa shape index (κ2) is 10.4. The lowest BCUT2D eigenvalue weighted by Gasteiger charge is -2.30. The van der Waals surface area contributed by atoms with E-state index in [0.29, 0.717) is 23.0 Å². The standard InChI is InChI=1S/C26H28ClFN4O4/c1-14-10-22(26(36)30-21(13-33)18-6-4-8-20(27)24(18)28)32(15(14)2)23(35)12-31-11-19(16(3)34)17-7-5-9-29-25(17)31/h4-9,11,14-15,21-22,33H,10,12-13H2,1-3H3,(H,30,36)/t14-,15-,21-,22+/m1/s1. The third-order valence-corrected chi connectivity index (χ3v) is 7.25. The Kier molecular flexibility index (Phi) is 7.42. The third kappa shape index (κ3) is 4.73. The van der Waals surface area contributed by atoms with Gasteiger partial charge in [-0.1, -0.05) is 30.7 Å². The van der Waals surface area contributed by atoms with E-state index in [9.17, 15) is 23.9 Å². The summed E-state index contributed by atoms with van der Waals surface area (Å²) < 4.78 is 16.2. The van der Waals surface area contributed by atoms with Gasteiger partial charge in [-0.2, -0.15) is 0 Å². The molecule has 1 saturated heterocycles. The van der Waals surface area contributed by atoms with Gasteiger partial charge >= 0.3 is 0 Å². The smallest absolute Gasteiger partial charge is 0.243 e. The van der Waals surface area contributed by atoms with Gasteiger partial charge < -0.3 is 19.9 Å². The molecule has 2 amide bonds. The molecule has 1 aliphatic rings. The molecule has 3 heterocycles. The minimum absolute atomic E-state index is 0.0347. The number of ketones is 1. The van der Waals surface area contributed by atoms with Crippen molar-refractivity contribution in [2.24, 2.45) is 5.92 Å². The molecule has 190 valence electrons. The predicted octanol–water partition coefficient (Wildman–Crippen LogP) is 3.51. The lowest BCUT2D eigenvalue weighted by atomic mass is 10.0. The van der Waals surface area contributed by atoms with Crippen molar-refractivity contribution in [2.45, 2.75) is 51.9 Å². The summed E-state index contributed by atoms with van der Waals surface area (Å²) in [5, 5.41) is 13.1. The first kappa shape index (κ1) is 25.8. The molecule has 3 aromatic rings. The number of pyridine rings is 1. The number of hydrogen-bond acceptors (Lipinski definition) is 5. The molecular formula is C26H28ClFN4O4. The lowest BCUT2D eigenvalue weighted by molar-refractivity contribution is -0.141. The number of fused-ring (bicyclic) bond motifs is 1. The van der Waals surface area contributed by atoms with Crippen LogP contribution in [0.1, 0.15) is 49.2 Å². The molecule has 10 heteroatoms. The van der Waals surface area contributed by atoms with Crippen LogP contribution in [-0.4, -0.2) is 55.8 Å². The number of halogens is 2. The second-order valence-electron chi connectivity index (χ2n) is 9.26. The first-order valence-corrected chi connectivity index (χ1v) is 12.1. The number of nitrogens with zero attached hydrogens (tertiary/aromatic N) is 3. The number of aliphatic hydroxyl groups excluding tert-OH is 1. The van der Waals surface area contributed by atoms with Gasteiger partial charge in [0.25, 0.3) is 0 Å². The zero-order valence-corrected chi connectivity index (χ0v) is 21.0. The van der Waals surface area contributed by atoms with Gasteiger partial charge in [-0.15, -0.1) is 0 Å². The van der Waals surface area contributed by atoms with Crippen molar-refractivity contribution in [3.05, 3.63) is 64.7 Å². The van der Waals surface area contributed by atoms with E-state index in [-0.39, 0.29) is 40.8 Å². The molecule has 0 aliphatic carbocycles. The Bertz CT molecular complexity index is 1330. The summed E-state index contributed by atoms with van der Waals surface area (Å²) in [7, 11) is 0. The number of hydrogen-bond donors (Lipinski definition) is 2. The molecule has 2 N–H and O–H groups in total. The van der Waals surface area contributed by atoms with Crippen LogP contribution in [0.4, 0.5) is 4.39 Å². The largest absolute Gasteiger partial charge is 0.394 e. The van der Waals surface area contributed by atoms with E-state index in [4.69, 9.17) is 11.6 Å². The first-order valence-electron chi connectivity index (χ1n) is 11.7. The molecule has 0 saturated carbocycles. The van der Waals surface area contributed by atoms with E-state index in [2.05, 4.69) is 10.3 Å².